The van der Waals surface area contributed by atoms with Gasteiger partial charge in [-0.3, -0.25) is 4.72 Å². The molecule has 0 unspecified atom stereocenters. The zero-order chi connectivity index (χ0) is 15.5. The van der Waals surface area contributed by atoms with Crippen molar-refractivity contribution in [2.24, 2.45) is 5.73 Å². The second-order valence-electron chi connectivity index (χ2n) is 4.09. The molecule has 0 aliphatic heterocycles. The van der Waals surface area contributed by atoms with Crippen LogP contribution in [0.4, 0.5) is 5.69 Å². The normalized spacial score (nSPS) is 11.4. The average Bonchev–Trinajstić information content (AvgIpc) is 2.83. The lowest BCUT2D eigenvalue weighted by Gasteiger charge is -2.11. The fraction of sp³-hybridized carbons (Fsp3) is 0.231. The van der Waals surface area contributed by atoms with E-state index in [0.29, 0.717) is 23.8 Å². The van der Waals surface area contributed by atoms with Crippen molar-refractivity contribution < 1.29 is 17.6 Å². The first kappa shape index (κ1) is 15.9. The molecule has 21 heavy (non-hydrogen) atoms. The summed E-state index contributed by atoms with van der Waals surface area (Å²) in [6.45, 7) is 2.38. The Labute approximate surface area is 131 Å². The molecule has 0 bridgehead atoms. The summed E-state index contributed by atoms with van der Waals surface area (Å²) in [4.78, 5) is -0.00532. The van der Waals surface area contributed by atoms with Gasteiger partial charge in [-0.05, 0) is 35.0 Å². The van der Waals surface area contributed by atoms with Gasteiger partial charge in [0.2, 0.25) is 0 Å². The number of hydrogen-bond donors (Lipinski definition) is 2. The largest absolute Gasteiger partial charge is 0.492 e. The molecule has 0 atom stereocenters. The van der Waals surface area contributed by atoms with Crippen LogP contribution in [0.3, 0.4) is 0 Å². The van der Waals surface area contributed by atoms with Crippen molar-refractivity contribution in [3.05, 3.63) is 40.8 Å². The van der Waals surface area contributed by atoms with Crippen LogP contribution >= 0.6 is 15.9 Å². The summed E-state index contributed by atoms with van der Waals surface area (Å²) in [5, 5.41) is 0. The van der Waals surface area contributed by atoms with Crippen molar-refractivity contribution in [1.82, 2.24) is 0 Å². The minimum atomic E-state index is -3.80. The Morgan fingerprint density at radius 2 is 2.10 bits per heavy atom. The van der Waals surface area contributed by atoms with E-state index in [1.165, 1.54) is 6.07 Å². The van der Waals surface area contributed by atoms with E-state index < -0.39 is 10.0 Å². The van der Waals surface area contributed by atoms with Crippen LogP contribution in [0.2, 0.25) is 0 Å². The molecule has 0 radical (unpaired) electrons. The van der Waals surface area contributed by atoms with Gasteiger partial charge in [0.1, 0.15) is 16.4 Å². The van der Waals surface area contributed by atoms with Crippen LogP contribution in [0, 0.1) is 0 Å². The van der Waals surface area contributed by atoms with Gasteiger partial charge in [0, 0.05) is 6.07 Å². The zero-order valence-corrected chi connectivity index (χ0v) is 13.7. The Morgan fingerprint density at radius 1 is 1.38 bits per heavy atom. The van der Waals surface area contributed by atoms with Gasteiger partial charge in [-0.2, -0.15) is 0 Å². The number of nitrogens with two attached hydrogens (primary N) is 1. The minimum Gasteiger partial charge on any atom is -0.492 e. The maximum Gasteiger partial charge on any atom is 0.266 e. The molecule has 3 N–H and O–H groups in total. The van der Waals surface area contributed by atoms with E-state index in [9.17, 15) is 8.42 Å². The molecule has 2 aromatic rings. The molecule has 0 spiro atoms. The third kappa shape index (κ3) is 3.58. The van der Waals surface area contributed by atoms with Crippen LogP contribution < -0.4 is 15.2 Å². The van der Waals surface area contributed by atoms with Crippen molar-refractivity contribution >= 4 is 31.6 Å². The lowest BCUT2D eigenvalue weighted by atomic mass is 10.3. The lowest BCUT2D eigenvalue weighted by molar-refractivity contribution is 0.342. The predicted octanol–water partition coefficient (Wildman–Crippen LogP) is 2.70. The molecule has 0 amide bonds. The topological polar surface area (TPSA) is 94.6 Å². The maximum atomic E-state index is 12.4. The minimum absolute atomic E-state index is 0.00532. The zero-order valence-electron chi connectivity index (χ0n) is 11.3. The van der Waals surface area contributed by atoms with Crippen LogP contribution in [0.25, 0.3) is 0 Å². The number of para-hydroxylation sites is 2. The molecule has 8 heteroatoms. The molecular weight excluding hydrogens is 360 g/mol. The predicted molar refractivity (Wildman–Crippen MR) is 82.7 cm³/mol. The maximum absolute atomic E-state index is 12.4. The van der Waals surface area contributed by atoms with Crippen LogP contribution in [0.15, 0.2) is 44.3 Å². The Morgan fingerprint density at radius 3 is 2.71 bits per heavy atom. The number of anilines is 1. The van der Waals surface area contributed by atoms with E-state index in [-0.39, 0.29) is 16.1 Å². The van der Waals surface area contributed by atoms with Crippen molar-refractivity contribution in [2.45, 2.75) is 18.4 Å². The van der Waals surface area contributed by atoms with Gasteiger partial charge in [0.25, 0.3) is 10.0 Å². The Balaban J connectivity index is 2.35. The van der Waals surface area contributed by atoms with Crippen LogP contribution in [-0.4, -0.2) is 15.0 Å². The van der Waals surface area contributed by atoms with Crippen molar-refractivity contribution in [2.75, 3.05) is 11.3 Å². The number of halogens is 1. The average molecular weight is 375 g/mol. The molecule has 0 aliphatic rings. The molecule has 1 heterocycles. The highest BCUT2D eigenvalue weighted by molar-refractivity contribution is 9.10. The molecule has 1 aromatic heterocycles. The first-order valence-electron chi connectivity index (χ1n) is 6.21. The highest BCUT2D eigenvalue weighted by atomic mass is 79.9. The second kappa shape index (κ2) is 6.50. The van der Waals surface area contributed by atoms with E-state index >= 15 is 0 Å². The van der Waals surface area contributed by atoms with E-state index in [0.717, 1.165) is 0 Å². The molecular formula is C13H15BrN2O4S. The fourth-order valence-corrected chi connectivity index (χ4v) is 3.78. The Hall–Kier alpha value is -1.51. The summed E-state index contributed by atoms with van der Waals surface area (Å²) in [5.41, 5.74) is 5.80. The summed E-state index contributed by atoms with van der Waals surface area (Å²) in [6, 6.07) is 8.19. The highest BCUT2D eigenvalue weighted by Gasteiger charge is 2.23. The third-order valence-corrected chi connectivity index (χ3v) is 4.85. The molecule has 0 saturated carbocycles. The van der Waals surface area contributed by atoms with E-state index in [1.807, 2.05) is 6.92 Å². The summed E-state index contributed by atoms with van der Waals surface area (Å²) in [7, 11) is -3.80. The summed E-state index contributed by atoms with van der Waals surface area (Å²) in [5.74, 6) is 0.836. The molecule has 2 rings (SSSR count). The van der Waals surface area contributed by atoms with Gasteiger partial charge in [0.15, 0.2) is 4.67 Å². The number of rotatable bonds is 6. The summed E-state index contributed by atoms with van der Waals surface area (Å²) < 4.78 is 38.0. The van der Waals surface area contributed by atoms with Gasteiger partial charge in [-0.1, -0.05) is 12.1 Å². The lowest BCUT2D eigenvalue weighted by Crippen LogP contribution is -2.13. The Bertz CT molecular complexity index is 728. The van der Waals surface area contributed by atoms with Crippen LogP contribution in [0.1, 0.15) is 12.7 Å². The molecule has 0 saturated heterocycles. The Kier molecular flexibility index (Phi) is 4.92. The van der Waals surface area contributed by atoms with Gasteiger partial charge in [0.05, 0.1) is 18.8 Å². The monoisotopic (exact) mass is 374 g/mol. The fourth-order valence-electron chi connectivity index (χ4n) is 1.71. The molecule has 0 fully saturated rings. The quantitative estimate of drug-likeness (QED) is 0.810. The van der Waals surface area contributed by atoms with Gasteiger partial charge in [-0.25, -0.2) is 8.42 Å². The first-order valence-corrected chi connectivity index (χ1v) is 8.48. The van der Waals surface area contributed by atoms with Crippen LogP contribution in [-0.2, 0) is 16.6 Å². The van der Waals surface area contributed by atoms with Gasteiger partial charge in [-0.15, -0.1) is 0 Å². The SMILES string of the molecule is CCOc1ccccc1NS(=O)(=O)c1cc(CN)oc1Br. The first-order chi connectivity index (χ1) is 9.97. The van der Waals surface area contributed by atoms with Crippen molar-refractivity contribution in [1.29, 1.82) is 0 Å². The smallest absolute Gasteiger partial charge is 0.266 e. The van der Waals surface area contributed by atoms with Crippen molar-refractivity contribution in [3.8, 4) is 5.75 Å². The number of sulfonamides is 1. The second-order valence-corrected chi connectivity index (χ2v) is 6.46. The number of nitrogens with one attached hydrogen (secondary N) is 1. The number of hydrogen-bond acceptors (Lipinski definition) is 5. The highest BCUT2D eigenvalue weighted by Crippen LogP contribution is 2.30. The van der Waals surface area contributed by atoms with Crippen molar-refractivity contribution in [3.63, 3.8) is 0 Å². The van der Waals surface area contributed by atoms with Gasteiger partial charge >= 0.3 is 0 Å². The standard InChI is InChI=1S/C13H15BrN2O4S/c1-2-19-11-6-4-3-5-10(11)16-21(17,18)12-7-9(8-15)20-13(12)14/h3-7,16H,2,8,15H2,1H3. The summed E-state index contributed by atoms with van der Waals surface area (Å²) >= 11 is 3.08. The van der Waals surface area contributed by atoms with Crippen LogP contribution in [0.5, 0.6) is 5.75 Å². The molecule has 1 aromatic carbocycles. The van der Waals surface area contributed by atoms with E-state index in [2.05, 4.69) is 20.7 Å². The summed E-state index contributed by atoms with van der Waals surface area (Å²) in [6.07, 6.45) is 0. The van der Waals surface area contributed by atoms with Gasteiger partial charge < -0.3 is 14.9 Å². The molecule has 0 aliphatic carbocycles. The molecule has 114 valence electrons. The third-order valence-electron chi connectivity index (χ3n) is 2.63. The number of ether oxygens (including phenoxy) is 1. The number of furan rings is 1. The molecule has 6 nitrogen and oxygen atoms in total. The number of benzene rings is 1. The van der Waals surface area contributed by atoms with E-state index in [4.69, 9.17) is 14.9 Å². The van der Waals surface area contributed by atoms with E-state index in [1.54, 1.807) is 24.3 Å².